The quantitative estimate of drug-likeness (QED) is 0.767. The Morgan fingerprint density at radius 3 is 2.61 bits per heavy atom. The Kier molecular flexibility index (Phi) is 3.01. The summed E-state index contributed by atoms with van der Waals surface area (Å²) in [7, 11) is 1.58. The molecule has 1 aromatic heterocycles. The smallest absolute Gasteiger partial charge is 0.251 e. The van der Waals surface area contributed by atoms with E-state index in [9.17, 15) is 4.79 Å². The molecule has 1 amide bonds. The minimum Gasteiger partial charge on any atom is -0.397 e. The van der Waals surface area contributed by atoms with Gasteiger partial charge in [-0.25, -0.2) is 9.67 Å². The number of hydrogen-bond acceptors (Lipinski definition) is 4. The van der Waals surface area contributed by atoms with Crippen molar-refractivity contribution in [3.05, 3.63) is 35.4 Å². The van der Waals surface area contributed by atoms with Crippen LogP contribution in [0, 0.1) is 13.8 Å². The molecule has 18 heavy (non-hydrogen) atoms. The van der Waals surface area contributed by atoms with Crippen molar-refractivity contribution in [3.63, 3.8) is 0 Å². The fraction of sp³-hybridized carbons (Fsp3) is 0.250. The molecule has 6 nitrogen and oxygen atoms in total. The van der Waals surface area contributed by atoms with Crippen molar-refractivity contribution in [2.75, 3.05) is 12.8 Å². The summed E-state index contributed by atoms with van der Waals surface area (Å²) in [5, 5.41) is 6.81. The van der Waals surface area contributed by atoms with Crippen LogP contribution in [0.25, 0.3) is 5.69 Å². The van der Waals surface area contributed by atoms with Gasteiger partial charge in [0.25, 0.3) is 5.91 Å². The highest BCUT2D eigenvalue weighted by molar-refractivity contribution is 5.95. The van der Waals surface area contributed by atoms with Crippen LogP contribution >= 0.6 is 0 Å². The molecule has 0 unspecified atom stereocenters. The number of benzene rings is 1. The molecule has 0 fully saturated rings. The number of carbonyl (C=O) groups is 1. The molecule has 0 aliphatic rings. The van der Waals surface area contributed by atoms with Crippen molar-refractivity contribution in [1.82, 2.24) is 20.1 Å². The molecule has 0 atom stereocenters. The molecule has 3 N–H and O–H groups in total. The maximum Gasteiger partial charge on any atom is 0.251 e. The van der Waals surface area contributed by atoms with Gasteiger partial charge in [0.2, 0.25) is 0 Å². The SMILES string of the molecule is CNC(=O)c1ccc(-n2nc(C)nc2C)c(N)c1. The summed E-state index contributed by atoms with van der Waals surface area (Å²) in [6, 6.07) is 5.10. The second kappa shape index (κ2) is 4.48. The standard InChI is InChI=1S/C12H15N5O/c1-7-15-8(2)17(16-7)11-5-4-9(6-10(11)13)12(18)14-3/h4-6H,13H2,1-3H3,(H,14,18). The van der Waals surface area contributed by atoms with Crippen molar-refractivity contribution in [2.45, 2.75) is 13.8 Å². The summed E-state index contributed by atoms with van der Waals surface area (Å²) in [6.07, 6.45) is 0. The molecule has 0 spiro atoms. The molecular formula is C12H15N5O. The average Bonchev–Trinajstić information content (AvgIpc) is 2.67. The van der Waals surface area contributed by atoms with Crippen LogP contribution in [0.4, 0.5) is 5.69 Å². The van der Waals surface area contributed by atoms with E-state index in [0.29, 0.717) is 17.1 Å². The van der Waals surface area contributed by atoms with Crippen LogP contribution in [-0.2, 0) is 0 Å². The summed E-state index contributed by atoms with van der Waals surface area (Å²) < 4.78 is 1.66. The third-order valence-electron chi connectivity index (χ3n) is 2.62. The van der Waals surface area contributed by atoms with E-state index < -0.39 is 0 Å². The number of rotatable bonds is 2. The Bertz CT molecular complexity index is 603. The van der Waals surface area contributed by atoms with Crippen molar-refractivity contribution in [3.8, 4) is 5.69 Å². The van der Waals surface area contributed by atoms with Gasteiger partial charge in [0, 0.05) is 12.6 Å². The van der Waals surface area contributed by atoms with Gasteiger partial charge in [-0.2, -0.15) is 5.10 Å². The number of carbonyl (C=O) groups excluding carboxylic acids is 1. The van der Waals surface area contributed by atoms with Gasteiger partial charge in [-0.3, -0.25) is 4.79 Å². The first kappa shape index (κ1) is 12.1. The number of hydrogen-bond donors (Lipinski definition) is 2. The lowest BCUT2D eigenvalue weighted by Gasteiger charge is -2.08. The Balaban J connectivity index is 2.48. The summed E-state index contributed by atoms with van der Waals surface area (Å²) in [4.78, 5) is 15.7. The van der Waals surface area contributed by atoms with E-state index in [-0.39, 0.29) is 5.91 Å². The van der Waals surface area contributed by atoms with Crippen LogP contribution < -0.4 is 11.1 Å². The van der Waals surface area contributed by atoms with Gasteiger partial charge in [-0.1, -0.05) is 0 Å². The molecule has 0 bridgehead atoms. The topological polar surface area (TPSA) is 85.8 Å². The van der Waals surface area contributed by atoms with Crippen LogP contribution in [0.5, 0.6) is 0 Å². The third-order valence-corrected chi connectivity index (χ3v) is 2.62. The summed E-state index contributed by atoms with van der Waals surface area (Å²) >= 11 is 0. The molecule has 6 heteroatoms. The lowest BCUT2D eigenvalue weighted by molar-refractivity contribution is 0.0963. The lowest BCUT2D eigenvalue weighted by Crippen LogP contribution is -2.18. The number of nitrogens with zero attached hydrogens (tertiary/aromatic N) is 3. The van der Waals surface area contributed by atoms with Gasteiger partial charge in [-0.05, 0) is 32.0 Å². The predicted molar refractivity (Wildman–Crippen MR) is 68.6 cm³/mol. The summed E-state index contributed by atoms with van der Waals surface area (Å²) in [5.74, 6) is 1.27. The molecule has 0 radical (unpaired) electrons. The minimum atomic E-state index is -0.167. The van der Waals surface area contributed by atoms with Crippen LogP contribution in [0.2, 0.25) is 0 Å². The Morgan fingerprint density at radius 2 is 2.11 bits per heavy atom. The molecule has 0 aliphatic heterocycles. The fourth-order valence-corrected chi connectivity index (χ4v) is 1.78. The van der Waals surface area contributed by atoms with Crippen molar-refractivity contribution in [1.29, 1.82) is 0 Å². The maximum absolute atomic E-state index is 11.5. The average molecular weight is 245 g/mol. The number of aromatic nitrogens is 3. The second-order valence-corrected chi connectivity index (χ2v) is 3.97. The van der Waals surface area contributed by atoms with E-state index in [1.165, 1.54) is 0 Å². The molecule has 2 rings (SSSR count). The molecule has 0 saturated heterocycles. The maximum atomic E-state index is 11.5. The molecule has 0 aliphatic carbocycles. The van der Waals surface area contributed by atoms with E-state index in [1.807, 2.05) is 13.8 Å². The lowest BCUT2D eigenvalue weighted by atomic mass is 10.1. The summed E-state index contributed by atoms with van der Waals surface area (Å²) in [6.45, 7) is 3.67. The van der Waals surface area contributed by atoms with E-state index in [2.05, 4.69) is 15.4 Å². The largest absolute Gasteiger partial charge is 0.397 e. The number of anilines is 1. The van der Waals surface area contributed by atoms with Gasteiger partial charge in [0.1, 0.15) is 11.6 Å². The highest BCUT2D eigenvalue weighted by Crippen LogP contribution is 2.19. The number of nitrogen functional groups attached to an aromatic ring is 1. The Labute approximate surface area is 105 Å². The van der Waals surface area contributed by atoms with Gasteiger partial charge in [0.05, 0.1) is 11.4 Å². The summed E-state index contributed by atoms with van der Waals surface area (Å²) in [5.41, 5.74) is 7.69. The zero-order chi connectivity index (χ0) is 13.3. The fourth-order valence-electron chi connectivity index (χ4n) is 1.78. The van der Waals surface area contributed by atoms with Crippen LogP contribution in [0.3, 0.4) is 0 Å². The van der Waals surface area contributed by atoms with Gasteiger partial charge >= 0.3 is 0 Å². The second-order valence-electron chi connectivity index (χ2n) is 3.97. The molecule has 1 aromatic carbocycles. The van der Waals surface area contributed by atoms with Crippen LogP contribution in [0.1, 0.15) is 22.0 Å². The zero-order valence-corrected chi connectivity index (χ0v) is 10.6. The zero-order valence-electron chi connectivity index (χ0n) is 10.6. The highest BCUT2D eigenvalue weighted by Gasteiger charge is 2.11. The molecule has 1 heterocycles. The number of nitrogens with two attached hydrogens (primary N) is 1. The minimum absolute atomic E-state index is 0.167. The van der Waals surface area contributed by atoms with Crippen molar-refractivity contribution < 1.29 is 4.79 Å². The molecule has 94 valence electrons. The van der Waals surface area contributed by atoms with Gasteiger partial charge in [0.15, 0.2) is 0 Å². The van der Waals surface area contributed by atoms with E-state index in [0.717, 1.165) is 11.5 Å². The first-order chi connectivity index (χ1) is 8.52. The predicted octanol–water partition coefficient (Wildman–Crippen LogP) is 0.826. The Morgan fingerprint density at radius 1 is 1.39 bits per heavy atom. The van der Waals surface area contributed by atoms with E-state index in [4.69, 9.17) is 5.73 Å². The van der Waals surface area contributed by atoms with E-state index >= 15 is 0 Å². The molecule has 0 saturated carbocycles. The molecular weight excluding hydrogens is 230 g/mol. The van der Waals surface area contributed by atoms with Crippen molar-refractivity contribution in [2.24, 2.45) is 0 Å². The van der Waals surface area contributed by atoms with E-state index in [1.54, 1.807) is 29.9 Å². The van der Waals surface area contributed by atoms with Crippen LogP contribution in [-0.4, -0.2) is 27.7 Å². The number of aryl methyl sites for hydroxylation is 2. The van der Waals surface area contributed by atoms with Crippen LogP contribution in [0.15, 0.2) is 18.2 Å². The molecule has 2 aromatic rings. The van der Waals surface area contributed by atoms with Gasteiger partial charge in [-0.15, -0.1) is 0 Å². The normalized spacial score (nSPS) is 10.4. The van der Waals surface area contributed by atoms with Gasteiger partial charge < -0.3 is 11.1 Å². The van der Waals surface area contributed by atoms with Crippen molar-refractivity contribution >= 4 is 11.6 Å². The first-order valence-corrected chi connectivity index (χ1v) is 5.55. The number of nitrogens with one attached hydrogen (secondary N) is 1. The number of amides is 1. The highest BCUT2D eigenvalue weighted by atomic mass is 16.1. The monoisotopic (exact) mass is 245 g/mol. The first-order valence-electron chi connectivity index (χ1n) is 5.55. The third kappa shape index (κ3) is 2.04. The Hall–Kier alpha value is -2.37.